The predicted octanol–water partition coefficient (Wildman–Crippen LogP) is 2.83. The second kappa shape index (κ2) is 6.47. The molecule has 2 aromatic rings. The molecule has 0 aliphatic heterocycles. The number of hydrogen-bond acceptors (Lipinski definition) is 5. The fraction of sp³-hybridized carbons (Fsp3) is 0.357. The van der Waals surface area contributed by atoms with Gasteiger partial charge in [0.15, 0.2) is 5.13 Å². The Hall–Kier alpha value is -1.95. The van der Waals surface area contributed by atoms with Crippen LogP contribution in [-0.2, 0) is 13.0 Å². The van der Waals surface area contributed by atoms with Crippen LogP contribution in [0.4, 0.5) is 5.13 Å². The van der Waals surface area contributed by atoms with E-state index in [2.05, 4.69) is 14.9 Å². The smallest absolute Gasteiger partial charge is 0.347 e. The maximum atomic E-state index is 11.2. The van der Waals surface area contributed by atoms with Crippen molar-refractivity contribution in [1.29, 1.82) is 0 Å². The van der Waals surface area contributed by atoms with Crippen molar-refractivity contribution in [3.8, 4) is 0 Å². The van der Waals surface area contributed by atoms with Crippen LogP contribution >= 0.6 is 11.3 Å². The topological polar surface area (TPSA) is 66.3 Å². The Morgan fingerprint density at radius 1 is 1.35 bits per heavy atom. The number of carbonyl (C=O) groups is 1. The highest BCUT2D eigenvalue weighted by Gasteiger charge is 2.19. The molecule has 0 aliphatic rings. The van der Waals surface area contributed by atoms with E-state index in [-0.39, 0.29) is 0 Å². The molecule has 0 saturated carbocycles. The number of nitrogens with zero attached hydrogens (tertiary/aromatic N) is 3. The Bertz CT molecular complexity index is 583. The summed E-state index contributed by atoms with van der Waals surface area (Å²) in [4.78, 5) is 22.1. The molecular formula is C14H17N3O2S. The summed E-state index contributed by atoms with van der Waals surface area (Å²) >= 11 is 1.24. The lowest BCUT2D eigenvalue weighted by Crippen LogP contribution is -2.21. The zero-order valence-corrected chi connectivity index (χ0v) is 12.4. The predicted molar refractivity (Wildman–Crippen MR) is 79.4 cm³/mol. The molecule has 2 heterocycles. The van der Waals surface area contributed by atoms with Gasteiger partial charge in [-0.2, -0.15) is 0 Å². The third kappa shape index (κ3) is 3.14. The Kier molecular flexibility index (Phi) is 4.68. The summed E-state index contributed by atoms with van der Waals surface area (Å²) in [6.45, 7) is 5.44. The van der Waals surface area contributed by atoms with Crippen LogP contribution in [0.2, 0.25) is 0 Å². The standard InChI is InChI=1S/C14H17N3O2S/c1-3-11-12(13(18)19)20-14(16-11)17(4-2)9-10-5-7-15-8-6-10/h5-8H,3-4,9H2,1-2H3,(H,18,19). The van der Waals surface area contributed by atoms with E-state index in [1.165, 1.54) is 11.3 Å². The second-order valence-electron chi connectivity index (χ2n) is 4.30. The first-order valence-electron chi connectivity index (χ1n) is 6.52. The molecule has 0 fully saturated rings. The van der Waals surface area contributed by atoms with Crippen LogP contribution in [0.25, 0.3) is 0 Å². The van der Waals surface area contributed by atoms with E-state index in [9.17, 15) is 9.90 Å². The van der Waals surface area contributed by atoms with Crippen LogP contribution in [0.3, 0.4) is 0 Å². The zero-order valence-electron chi connectivity index (χ0n) is 11.5. The van der Waals surface area contributed by atoms with E-state index in [1.54, 1.807) is 12.4 Å². The molecule has 0 amide bonds. The fourth-order valence-electron chi connectivity index (χ4n) is 1.90. The minimum Gasteiger partial charge on any atom is -0.477 e. The second-order valence-corrected chi connectivity index (χ2v) is 5.28. The van der Waals surface area contributed by atoms with Gasteiger partial charge in [0.2, 0.25) is 0 Å². The van der Waals surface area contributed by atoms with Gasteiger partial charge in [-0.1, -0.05) is 18.3 Å². The van der Waals surface area contributed by atoms with Gasteiger partial charge in [0.05, 0.1) is 5.69 Å². The minimum atomic E-state index is -0.898. The van der Waals surface area contributed by atoms with Gasteiger partial charge in [0.1, 0.15) is 4.88 Å². The number of thiazole rings is 1. The van der Waals surface area contributed by atoms with Gasteiger partial charge in [-0.3, -0.25) is 4.98 Å². The summed E-state index contributed by atoms with van der Waals surface area (Å²) in [6, 6.07) is 3.91. The van der Waals surface area contributed by atoms with E-state index in [0.29, 0.717) is 23.5 Å². The third-order valence-electron chi connectivity index (χ3n) is 2.99. The lowest BCUT2D eigenvalue weighted by molar-refractivity contribution is 0.0701. The monoisotopic (exact) mass is 291 g/mol. The fourth-order valence-corrected chi connectivity index (χ4v) is 2.96. The maximum absolute atomic E-state index is 11.2. The van der Waals surface area contributed by atoms with Crippen molar-refractivity contribution >= 4 is 22.4 Å². The van der Waals surface area contributed by atoms with Gasteiger partial charge >= 0.3 is 5.97 Å². The number of carboxylic acid groups (broad SMARTS) is 1. The van der Waals surface area contributed by atoms with Crippen molar-refractivity contribution < 1.29 is 9.90 Å². The van der Waals surface area contributed by atoms with Crippen molar-refractivity contribution in [1.82, 2.24) is 9.97 Å². The molecule has 1 N–H and O–H groups in total. The third-order valence-corrected chi connectivity index (χ3v) is 4.14. The first-order valence-corrected chi connectivity index (χ1v) is 7.34. The molecule has 0 atom stereocenters. The molecule has 6 heteroatoms. The molecule has 2 aromatic heterocycles. The zero-order chi connectivity index (χ0) is 14.5. The van der Waals surface area contributed by atoms with Gasteiger partial charge in [-0.25, -0.2) is 9.78 Å². The Morgan fingerprint density at radius 2 is 2.05 bits per heavy atom. The molecule has 0 aromatic carbocycles. The highest BCUT2D eigenvalue weighted by molar-refractivity contribution is 7.17. The number of pyridine rings is 1. The van der Waals surface area contributed by atoms with E-state index in [1.807, 2.05) is 26.0 Å². The van der Waals surface area contributed by atoms with Gasteiger partial charge in [0, 0.05) is 25.5 Å². The largest absolute Gasteiger partial charge is 0.477 e. The number of hydrogen-bond donors (Lipinski definition) is 1. The van der Waals surface area contributed by atoms with E-state index >= 15 is 0 Å². The molecule has 0 radical (unpaired) electrons. The number of anilines is 1. The van der Waals surface area contributed by atoms with Crippen molar-refractivity contribution in [3.05, 3.63) is 40.7 Å². The Morgan fingerprint density at radius 3 is 2.55 bits per heavy atom. The van der Waals surface area contributed by atoms with Gasteiger partial charge in [0.25, 0.3) is 0 Å². The number of rotatable bonds is 6. The van der Waals surface area contributed by atoms with Crippen LogP contribution in [0.5, 0.6) is 0 Å². The Labute approximate surface area is 121 Å². The van der Waals surface area contributed by atoms with Crippen LogP contribution in [0, 0.1) is 0 Å². The highest BCUT2D eigenvalue weighted by Crippen LogP contribution is 2.27. The van der Waals surface area contributed by atoms with Crippen LogP contribution in [0.15, 0.2) is 24.5 Å². The Balaban J connectivity index is 2.25. The molecule has 2 rings (SSSR count). The lowest BCUT2D eigenvalue weighted by Gasteiger charge is -2.19. The lowest BCUT2D eigenvalue weighted by atomic mass is 10.2. The van der Waals surface area contributed by atoms with E-state index in [0.717, 1.165) is 17.2 Å². The molecule has 5 nitrogen and oxygen atoms in total. The summed E-state index contributed by atoms with van der Waals surface area (Å²) < 4.78 is 0. The molecule has 0 unspecified atom stereocenters. The molecule has 0 aliphatic carbocycles. The van der Waals surface area contributed by atoms with Crippen molar-refractivity contribution in [2.45, 2.75) is 26.8 Å². The van der Waals surface area contributed by atoms with Crippen LogP contribution < -0.4 is 4.90 Å². The normalized spacial score (nSPS) is 10.5. The summed E-state index contributed by atoms with van der Waals surface area (Å²) in [6.07, 6.45) is 4.14. The quantitative estimate of drug-likeness (QED) is 0.886. The summed E-state index contributed by atoms with van der Waals surface area (Å²) in [7, 11) is 0. The number of aromatic carboxylic acids is 1. The first-order chi connectivity index (χ1) is 9.65. The van der Waals surface area contributed by atoms with Crippen molar-refractivity contribution in [3.63, 3.8) is 0 Å². The van der Waals surface area contributed by atoms with E-state index < -0.39 is 5.97 Å². The van der Waals surface area contributed by atoms with Gasteiger partial charge < -0.3 is 10.0 Å². The SMILES string of the molecule is CCc1nc(N(CC)Cc2ccncc2)sc1C(=O)O. The van der Waals surface area contributed by atoms with Gasteiger partial charge in [-0.15, -0.1) is 0 Å². The van der Waals surface area contributed by atoms with Gasteiger partial charge in [-0.05, 0) is 31.0 Å². The number of carboxylic acids is 1. The minimum absolute atomic E-state index is 0.343. The van der Waals surface area contributed by atoms with Crippen LogP contribution in [-0.4, -0.2) is 27.6 Å². The van der Waals surface area contributed by atoms with Crippen LogP contribution in [0.1, 0.15) is 34.8 Å². The maximum Gasteiger partial charge on any atom is 0.347 e. The first kappa shape index (κ1) is 14.5. The highest BCUT2D eigenvalue weighted by atomic mass is 32.1. The molecule has 20 heavy (non-hydrogen) atoms. The van der Waals surface area contributed by atoms with Crippen molar-refractivity contribution in [2.24, 2.45) is 0 Å². The average molecular weight is 291 g/mol. The van der Waals surface area contributed by atoms with Crippen molar-refractivity contribution in [2.75, 3.05) is 11.4 Å². The molecule has 106 valence electrons. The number of aryl methyl sites for hydroxylation is 1. The molecule has 0 bridgehead atoms. The summed E-state index contributed by atoms with van der Waals surface area (Å²) in [5.74, 6) is -0.898. The molecular weight excluding hydrogens is 274 g/mol. The molecule has 0 saturated heterocycles. The summed E-state index contributed by atoms with van der Waals surface area (Å²) in [5.41, 5.74) is 1.79. The van der Waals surface area contributed by atoms with E-state index in [4.69, 9.17) is 0 Å². The average Bonchev–Trinajstić information content (AvgIpc) is 2.90. The number of aromatic nitrogens is 2. The molecule has 0 spiro atoms. The summed E-state index contributed by atoms with van der Waals surface area (Å²) in [5, 5.41) is 9.96.